The van der Waals surface area contributed by atoms with E-state index in [0.717, 1.165) is 29.4 Å². The number of hydrogen-bond donors (Lipinski definition) is 1. The van der Waals surface area contributed by atoms with Crippen LogP contribution in [0, 0.1) is 0 Å². The van der Waals surface area contributed by atoms with Crippen molar-refractivity contribution in [3.63, 3.8) is 0 Å². The molecule has 0 unspecified atom stereocenters. The Morgan fingerprint density at radius 1 is 0.905 bits per heavy atom. The Bertz CT molecular complexity index is 609. The molecule has 1 aliphatic heterocycles. The zero-order valence-corrected chi connectivity index (χ0v) is 12.4. The van der Waals surface area contributed by atoms with Gasteiger partial charge in [-0.15, -0.1) is 0 Å². The highest BCUT2D eigenvalue weighted by Gasteiger charge is 2.11. The maximum absolute atomic E-state index is 5.59. The molecule has 0 amide bonds. The van der Waals surface area contributed by atoms with Crippen molar-refractivity contribution in [2.24, 2.45) is 0 Å². The van der Waals surface area contributed by atoms with Crippen LogP contribution in [0.4, 0.5) is 11.4 Å². The van der Waals surface area contributed by atoms with Gasteiger partial charge in [-0.1, -0.05) is 12.1 Å². The molecule has 1 heterocycles. The van der Waals surface area contributed by atoms with Crippen LogP contribution in [0.3, 0.4) is 0 Å². The topological polar surface area (TPSA) is 33.7 Å². The van der Waals surface area contributed by atoms with E-state index in [1.165, 1.54) is 5.56 Å². The van der Waals surface area contributed by atoms with Gasteiger partial charge in [0, 0.05) is 24.0 Å². The molecule has 1 N–H and O–H groups in total. The molecule has 0 bridgehead atoms. The maximum Gasteiger partial charge on any atom is 0.163 e. The zero-order chi connectivity index (χ0) is 14.7. The highest BCUT2D eigenvalue weighted by molar-refractivity contribution is 5.63. The molecule has 4 heteroatoms. The number of fused-ring (bicyclic) bond motifs is 1. The molecule has 110 valence electrons. The van der Waals surface area contributed by atoms with Crippen molar-refractivity contribution in [2.45, 2.75) is 6.54 Å². The fraction of sp³-hybridized carbons (Fsp3) is 0.294. The number of ether oxygens (including phenoxy) is 2. The van der Waals surface area contributed by atoms with Crippen LogP contribution in [0.25, 0.3) is 0 Å². The maximum atomic E-state index is 5.59. The molecule has 0 aliphatic carbocycles. The Kier molecular flexibility index (Phi) is 3.97. The number of rotatable bonds is 4. The van der Waals surface area contributed by atoms with Crippen LogP contribution in [0.15, 0.2) is 42.5 Å². The van der Waals surface area contributed by atoms with E-state index in [9.17, 15) is 0 Å². The summed E-state index contributed by atoms with van der Waals surface area (Å²) in [6.45, 7) is 2.17. The molecule has 0 fully saturated rings. The van der Waals surface area contributed by atoms with Gasteiger partial charge in [-0.05, 0) is 43.9 Å². The average Bonchev–Trinajstić information content (AvgIpc) is 2.49. The standard InChI is InChI=1S/C17H20N2O2/c1-19(2)12-13-3-5-14(6-4-13)18-15-7-8-16-17(11-15)21-10-9-20-16/h3-8,11,18H,9-10,12H2,1-2H3. The van der Waals surface area contributed by atoms with Gasteiger partial charge in [0.2, 0.25) is 0 Å². The van der Waals surface area contributed by atoms with Crippen molar-refractivity contribution in [1.29, 1.82) is 0 Å². The van der Waals surface area contributed by atoms with E-state index in [0.29, 0.717) is 13.2 Å². The van der Waals surface area contributed by atoms with E-state index in [1.54, 1.807) is 0 Å². The minimum atomic E-state index is 0.607. The van der Waals surface area contributed by atoms with Crippen LogP contribution >= 0.6 is 0 Å². The van der Waals surface area contributed by atoms with Crippen LogP contribution in [-0.2, 0) is 6.54 Å². The van der Waals surface area contributed by atoms with Gasteiger partial charge >= 0.3 is 0 Å². The second kappa shape index (κ2) is 6.06. The summed E-state index contributed by atoms with van der Waals surface area (Å²) in [6.07, 6.45) is 0. The van der Waals surface area contributed by atoms with E-state index in [1.807, 2.05) is 18.2 Å². The lowest BCUT2D eigenvalue weighted by Gasteiger charge is -2.19. The summed E-state index contributed by atoms with van der Waals surface area (Å²) in [7, 11) is 4.14. The lowest BCUT2D eigenvalue weighted by molar-refractivity contribution is 0.171. The smallest absolute Gasteiger partial charge is 0.163 e. The molecule has 2 aromatic rings. The molecule has 3 rings (SSSR count). The van der Waals surface area contributed by atoms with E-state index < -0.39 is 0 Å². The SMILES string of the molecule is CN(C)Cc1ccc(Nc2ccc3c(c2)OCCO3)cc1. The van der Waals surface area contributed by atoms with Gasteiger partial charge in [-0.25, -0.2) is 0 Å². The van der Waals surface area contributed by atoms with Gasteiger partial charge < -0.3 is 19.7 Å². The minimum Gasteiger partial charge on any atom is -0.486 e. The Balaban J connectivity index is 1.71. The number of benzene rings is 2. The Hall–Kier alpha value is -2.20. The van der Waals surface area contributed by atoms with Gasteiger partial charge in [0.1, 0.15) is 13.2 Å². The van der Waals surface area contributed by atoms with E-state index in [-0.39, 0.29) is 0 Å². The Morgan fingerprint density at radius 3 is 2.29 bits per heavy atom. The summed E-state index contributed by atoms with van der Waals surface area (Å²) < 4.78 is 11.1. The lowest BCUT2D eigenvalue weighted by Crippen LogP contribution is -2.15. The predicted molar refractivity (Wildman–Crippen MR) is 84.5 cm³/mol. The quantitative estimate of drug-likeness (QED) is 0.934. The summed E-state index contributed by atoms with van der Waals surface area (Å²) in [5.41, 5.74) is 3.36. The van der Waals surface area contributed by atoms with Crippen LogP contribution in [0.1, 0.15) is 5.56 Å². The van der Waals surface area contributed by atoms with Gasteiger partial charge in [0.15, 0.2) is 11.5 Å². The molecule has 0 atom stereocenters. The fourth-order valence-corrected chi connectivity index (χ4v) is 2.35. The Labute approximate surface area is 125 Å². The summed E-state index contributed by atoms with van der Waals surface area (Å²) in [4.78, 5) is 2.16. The lowest BCUT2D eigenvalue weighted by atomic mass is 10.2. The molecule has 2 aromatic carbocycles. The van der Waals surface area contributed by atoms with Crippen LogP contribution in [0.2, 0.25) is 0 Å². The van der Waals surface area contributed by atoms with Crippen molar-refractivity contribution >= 4 is 11.4 Å². The van der Waals surface area contributed by atoms with E-state index in [2.05, 4.69) is 48.6 Å². The number of hydrogen-bond acceptors (Lipinski definition) is 4. The normalized spacial score (nSPS) is 13.3. The van der Waals surface area contributed by atoms with Crippen molar-refractivity contribution in [3.8, 4) is 11.5 Å². The first kappa shape index (κ1) is 13.8. The van der Waals surface area contributed by atoms with Crippen molar-refractivity contribution in [3.05, 3.63) is 48.0 Å². The van der Waals surface area contributed by atoms with E-state index in [4.69, 9.17) is 9.47 Å². The number of nitrogens with zero attached hydrogens (tertiary/aromatic N) is 1. The van der Waals surface area contributed by atoms with Gasteiger partial charge in [-0.3, -0.25) is 0 Å². The second-order valence-corrected chi connectivity index (χ2v) is 5.42. The highest BCUT2D eigenvalue weighted by atomic mass is 16.6. The van der Waals surface area contributed by atoms with Gasteiger partial charge in [0.05, 0.1) is 0 Å². The Morgan fingerprint density at radius 2 is 1.57 bits per heavy atom. The van der Waals surface area contributed by atoms with Crippen molar-refractivity contribution in [1.82, 2.24) is 4.90 Å². The fourth-order valence-electron chi connectivity index (χ4n) is 2.35. The van der Waals surface area contributed by atoms with Crippen molar-refractivity contribution in [2.75, 3.05) is 32.6 Å². The van der Waals surface area contributed by atoms with E-state index >= 15 is 0 Å². The number of nitrogens with one attached hydrogen (secondary N) is 1. The molecular formula is C17H20N2O2. The third kappa shape index (κ3) is 3.47. The monoisotopic (exact) mass is 284 g/mol. The summed E-state index contributed by atoms with van der Waals surface area (Å²) in [5.74, 6) is 1.61. The van der Waals surface area contributed by atoms with Gasteiger partial charge in [-0.2, -0.15) is 0 Å². The molecule has 0 saturated carbocycles. The first-order chi connectivity index (χ1) is 10.2. The molecule has 0 aromatic heterocycles. The molecular weight excluding hydrogens is 264 g/mol. The molecule has 0 spiro atoms. The largest absolute Gasteiger partial charge is 0.486 e. The minimum absolute atomic E-state index is 0.607. The highest BCUT2D eigenvalue weighted by Crippen LogP contribution is 2.33. The van der Waals surface area contributed by atoms with Crippen LogP contribution in [0.5, 0.6) is 11.5 Å². The summed E-state index contributed by atoms with van der Waals surface area (Å²) in [5, 5.41) is 3.39. The third-order valence-corrected chi connectivity index (χ3v) is 3.28. The van der Waals surface area contributed by atoms with Crippen LogP contribution in [-0.4, -0.2) is 32.2 Å². The molecule has 4 nitrogen and oxygen atoms in total. The molecule has 0 radical (unpaired) electrons. The zero-order valence-electron chi connectivity index (χ0n) is 12.4. The number of anilines is 2. The molecule has 21 heavy (non-hydrogen) atoms. The summed E-state index contributed by atoms with van der Waals surface area (Å²) >= 11 is 0. The molecule has 1 aliphatic rings. The molecule has 0 saturated heterocycles. The average molecular weight is 284 g/mol. The van der Waals surface area contributed by atoms with Crippen LogP contribution < -0.4 is 14.8 Å². The predicted octanol–water partition coefficient (Wildman–Crippen LogP) is 3.26. The summed E-state index contributed by atoms with van der Waals surface area (Å²) in [6, 6.07) is 14.4. The van der Waals surface area contributed by atoms with Crippen molar-refractivity contribution < 1.29 is 9.47 Å². The van der Waals surface area contributed by atoms with Gasteiger partial charge in [0.25, 0.3) is 0 Å². The third-order valence-electron chi connectivity index (χ3n) is 3.28. The second-order valence-electron chi connectivity index (χ2n) is 5.42. The first-order valence-electron chi connectivity index (χ1n) is 7.11. The first-order valence-corrected chi connectivity index (χ1v) is 7.11.